The minimum atomic E-state index is 0.0798. The van der Waals surface area contributed by atoms with Gasteiger partial charge in [-0.05, 0) is 31.0 Å². The maximum atomic E-state index is 11.5. The normalized spacial score (nSPS) is 14.9. The molecule has 1 aromatic carbocycles. The van der Waals surface area contributed by atoms with E-state index >= 15 is 0 Å². The monoisotopic (exact) mass is 249 g/mol. The van der Waals surface area contributed by atoms with Gasteiger partial charge in [0.25, 0.3) is 0 Å². The van der Waals surface area contributed by atoms with Gasteiger partial charge in [-0.3, -0.25) is 4.79 Å². The van der Waals surface area contributed by atoms with Crippen molar-refractivity contribution in [1.29, 1.82) is 0 Å². The zero-order chi connectivity index (χ0) is 12.8. The molecule has 0 radical (unpaired) electrons. The van der Waals surface area contributed by atoms with E-state index < -0.39 is 0 Å². The number of nitrogens with one attached hydrogen (secondary N) is 1. The predicted molar refractivity (Wildman–Crippen MR) is 68.7 cm³/mol. The molecule has 0 unspecified atom stereocenters. The van der Waals surface area contributed by atoms with E-state index in [2.05, 4.69) is 5.32 Å². The number of aryl methyl sites for hydroxylation is 1. The molecule has 0 spiro atoms. The Balaban J connectivity index is 1.59. The van der Waals surface area contributed by atoms with Gasteiger partial charge in [0.1, 0.15) is 5.75 Å². The number of rotatable bonds is 6. The smallest absolute Gasteiger partial charge is 0.220 e. The van der Waals surface area contributed by atoms with E-state index in [0.717, 1.165) is 12.2 Å². The van der Waals surface area contributed by atoms with Gasteiger partial charge >= 0.3 is 0 Å². The van der Waals surface area contributed by atoms with Crippen LogP contribution in [0.2, 0.25) is 0 Å². The Morgan fingerprint density at radius 1 is 1.50 bits per heavy atom. The van der Waals surface area contributed by atoms with Crippen LogP contribution in [0.25, 0.3) is 0 Å². The van der Waals surface area contributed by atoms with Crippen LogP contribution < -0.4 is 10.1 Å². The summed E-state index contributed by atoms with van der Waals surface area (Å²) in [4.78, 5) is 11.5. The fraction of sp³-hybridized carbons (Fsp3) is 0.500. The first-order valence-corrected chi connectivity index (χ1v) is 6.30. The van der Waals surface area contributed by atoms with Crippen molar-refractivity contribution in [3.8, 4) is 5.75 Å². The number of hydrogen-bond acceptors (Lipinski definition) is 3. The highest BCUT2D eigenvalue weighted by molar-refractivity contribution is 5.76. The van der Waals surface area contributed by atoms with Crippen LogP contribution >= 0.6 is 0 Å². The zero-order valence-electron chi connectivity index (χ0n) is 10.6. The summed E-state index contributed by atoms with van der Waals surface area (Å²) in [5, 5.41) is 2.90. The van der Waals surface area contributed by atoms with Gasteiger partial charge in [0.2, 0.25) is 5.91 Å². The van der Waals surface area contributed by atoms with Gasteiger partial charge in [-0.1, -0.05) is 12.1 Å². The molecular weight excluding hydrogens is 230 g/mol. The topological polar surface area (TPSA) is 47.6 Å². The summed E-state index contributed by atoms with van der Waals surface area (Å²) in [5.74, 6) is 0.943. The summed E-state index contributed by atoms with van der Waals surface area (Å²) in [6.07, 6.45) is 1.23. The molecule has 1 fully saturated rings. The van der Waals surface area contributed by atoms with E-state index in [1.54, 1.807) is 0 Å². The average Bonchev–Trinajstić information content (AvgIpc) is 2.30. The van der Waals surface area contributed by atoms with Crippen LogP contribution in [0, 0.1) is 6.92 Å². The SMILES string of the molecule is Cc1cccc(OCCCC(=O)NC2COC2)c1. The maximum Gasteiger partial charge on any atom is 0.220 e. The number of hydrogen-bond donors (Lipinski definition) is 1. The van der Waals surface area contributed by atoms with Crippen molar-refractivity contribution in [3.05, 3.63) is 29.8 Å². The van der Waals surface area contributed by atoms with Gasteiger partial charge < -0.3 is 14.8 Å². The molecule has 0 aromatic heterocycles. The highest BCUT2D eigenvalue weighted by atomic mass is 16.5. The van der Waals surface area contributed by atoms with Crippen LogP contribution in [0.5, 0.6) is 5.75 Å². The van der Waals surface area contributed by atoms with Crippen molar-refractivity contribution in [1.82, 2.24) is 5.32 Å². The minimum absolute atomic E-state index is 0.0798. The Morgan fingerprint density at radius 2 is 2.33 bits per heavy atom. The van der Waals surface area contributed by atoms with Crippen molar-refractivity contribution in [2.75, 3.05) is 19.8 Å². The highest BCUT2D eigenvalue weighted by Gasteiger charge is 2.19. The third-order valence-electron chi connectivity index (χ3n) is 2.81. The fourth-order valence-corrected chi connectivity index (χ4v) is 1.75. The molecule has 0 aliphatic carbocycles. The molecule has 1 saturated heterocycles. The summed E-state index contributed by atoms with van der Waals surface area (Å²) in [6, 6.07) is 8.13. The summed E-state index contributed by atoms with van der Waals surface area (Å²) in [7, 11) is 0. The summed E-state index contributed by atoms with van der Waals surface area (Å²) < 4.78 is 10.6. The molecule has 4 heteroatoms. The molecule has 1 aromatic rings. The lowest BCUT2D eigenvalue weighted by molar-refractivity contribution is -0.125. The summed E-state index contributed by atoms with van der Waals surface area (Å²) in [6.45, 7) is 3.89. The second kappa shape index (κ2) is 6.40. The van der Waals surface area contributed by atoms with Crippen molar-refractivity contribution in [3.63, 3.8) is 0 Å². The largest absolute Gasteiger partial charge is 0.494 e. The molecule has 0 bridgehead atoms. The number of ether oxygens (including phenoxy) is 2. The molecule has 2 rings (SSSR count). The van der Waals surface area contributed by atoms with Gasteiger partial charge in [-0.2, -0.15) is 0 Å². The lowest BCUT2D eigenvalue weighted by Gasteiger charge is -2.26. The number of carbonyl (C=O) groups excluding carboxylic acids is 1. The standard InChI is InChI=1S/C14H19NO3/c1-11-4-2-5-13(8-11)18-7-3-6-14(16)15-12-9-17-10-12/h2,4-5,8,12H,3,6-7,9-10H2,1H3,(H,15,16). The molecule has 98 valence electrons. The molecule has 18 heavy (non-hydrogen) atoms. The Kier molecular flexibility index (Phi) is 4.59. The molecule has 0 atom stereocenters. The molecule has 1 aliphatic rings. The highest BCUT2D eigenvalue weighted by Crippen LogP contribution is 2.12. The Bertz CT molecular complexity index is 402. The van der Waals surface area contributed by atoms with Gasteiger partial charge in [0.05, 0.1) is 25.9 Å². The quantitative estimate of drug-likeness (QED) is 0.780. The molecule has 1 N–H and O–H groups in total. The third kappa shape index (κ3) is 4.04. The van der Waals surface area contributed by atoms with Gasteiger partial charge in [-0.15, -0.1) is 0 Å². The van der Waals surface area contributed by atoms with E-state index in [9.17, 15) is 4.79 Å². The van der Waals surface area contributed by atoms with E-state index in [1.165, 1.54) is 5.56 Å². The average molecular weight is 249 g/mol. The first-order valence-electron chi connectivity index (χ1n) is 6.30. The van der Waals surface area contributed by atoms with Crippen molar-refractivity contribution in [2.45, 2.75) is 25.8 Å². The summed E-state index contributed by atoms with van der Waals surface area (Å²) in [5.41, 5.74) is 1.18. The van der Waals surface area contributed by atoms with Gasteiger partial charge in [0.15, 0.2) is 0 Å². The van der Waals surface area contributed by atoms with Crippen LogP contribution in [0.3, 0.4) is 0 Å². The van der Waals surface area contributed by atoms with E-state index in [4.69, 9.17) is 9.47 Å². The first-order chi connectivity index (χ1) is 8.74. The van der Waals surface area contributed by atoms with Crippen LogP contribution in [0.1, 0.15) is 18.4 Å². The van der Waals surface area contributed by atoms with Crippen LogP contribution in [0.4, 0.5) is 0 Å². The zero-order valence-corrected chi connectivity index (χ0v) is 10.6. The number of amides is 1. The lowest BCUT2D eigenvalue weighted by Crippen LogP contribution is -2.48. The van der Waals surface area contributed by atoms with Gasteiger partial charge in [0, 0.05) is 6.42 Å². The molecule has 1 amide bonds. The van der Waals surface area contributed by atoms with E-state index in [0.29, 0.717) is 26.2 Å². The van der Waals surface area contributed by atoms with Crippen molar-refractivity contribution in [2.24, 2.45) is 0 Å². The van der Waals surface area contributed by atoms with Crippen molar-refractivity contribution < 1.29 is 14.3 Å². The Morgan fingerprint density at radius 3 is 3.00 bits per heavy atom. The van der Waals surface area contributed by atoms with E-state index in [-0.39, 0.29) is 11.9 Å². The van der Waals surface area contributed by atoms with Crippen molar-refractivity contribution >= 4 is 5.91 Å². The van der Waals surface area contributed by atoms with Gasteiger partial charge in [-0.25, -0.2) is 0 Å². The molecule has 1 heterocycles. The second-order valence-electron chi connectivity index (χ2n) is 4.57. The van der Waals surface area contributed by atoms with Crippen LogP contribution in [-0.2, 0) is 9.53 Å². The van der Waals surface area contributed by atoms with Crippen LogP contribution in [-0.4, -0.2) is 31.8 Å². The Hall–Kier alpha value is -1.55. The molecule has 1 aliphatic heterocycles. The first kappa shape index (κ1) is 12.9. The number of benzene rings is 1. The second-order valence-corrected chi connectivity index (χ2v) is 4.57. The molecule has 4 nitrogen and oxygen atoms in total. The predicted octanol–water partition coefficient (Wildman–Crippen LogP) is 1.67. The molecular formula is C14H19NO3. The fourth-order valence-electron chi connectivity index (χ4n) is 1.75. The number of carbonyl (C=O) groups is 1. The minimum Gasteiger partial charge on any atom is -0.494 e. The maximum absolute atomic E-state index is 11.5. The summed E-state index contributed by atoms with van der Waals surface area (Å²) >= 11 is 0. The Labute approximate surface area is 107 Å². The van der Waals surface area contributed by atoms with Crippen LogP contribution in [0.15, 0.2) is 24.3 Å². The lowest BCUT2D eigenvalue weighted by atomic mass is 10.2. The molecule has 0 saturated carbocycles. The van der Waals surface area contributed by atoms with E-state index in [1.807, 2.05) is 31.2 Å². The third-order valence-corrected chi connectivity index (χ3v) is 2.81.